The van der Waals surface area contributed by atoms with Crippen LogP contribution in [0.2, 0.25) is 0 Å². The van der Waals surface area contributed by atoms with Gasteiger partial charge < -0.3 is 10.4 Å². The first-order chi connectivity index (χ1) is 22.3. The SMILES string of the molecule is Cc1c(-c2cnc3c(ncn3-c3cnc(Nc4nc5ccccc5s4)c(F)c3)c2C(=O)O)cnn1CC12CC3CC(CC(C3)C1)C2. The lowest BCUT2D eigenvalue weighted by molar-refractivity contribution is -0.0638. The monoisotopic (exact) mass is 634 g/mol. The van der Waals surface area contributed by atoms with Crippen molar-refractivity contribution in [2.45, 2.75) is 52.0 Å². The predicted molar refractivity (Wildman–Crippen MR) is 173 cm³/mol. The molecule has 5 aromatic heterocycles. The smallest absolute Gasteiger partial charge is 0.338 e. The third-order valence-corrected chi connectivity index (χ3v) is 11.4. The summed E-state index contributed by atoms with van der Waals surface area (Å²) in [6.45, 7) is 2.88. The van der Waals surface area contributed by atoms with Gasteiger partial charge in [-0.1, -0.05) is 23.5 Å². The summed E-state index contributed by atoms with van der Waals surface area (Å²) in [6, 6.07) is 9.00. The van der Waals surface area contributed by atoms with Gasteiger partial charge in [0.25, 0.3) is 0 Å². The van der Waals surface area contributed by atoms with Gasteiger partial charge in [-0.05, 0) is 80.8 Å². The van der Waals surface area contributed by atoms with Crippen LogP contribution in [0.15, 0.2) is 55.2 Å². The molecule has 0 radical (unpaired) electrons. The van der Waals surface area contributed by atoms with E-state index in [2.05, 4.69) is 29.9 Å². The molecule has 5 heterocycles. The van der Waals surface area contributed by atoms with Crippen LogP contribution in [0.1, 0.15) is 54.6 Å². The lowest BCUT2D eigenvalue weighted by atomic mass is 9.49. The van der Waals surface area contributed by atoms with Gasteiger partial charge in [0.05, 0.1) is 33.9 Å². The number of rotatable bonds is 7. The number of aromatic nitrogens is 7. The van der Waals surface area contributed by atoms with Gasteiger partial charge in [-0.3, -0.25) is 9.25 Å². The highest BCUT2D eigenvalue weighted by Gasteiger charge is 2.51. The first-order valence-electron chi connectivity index (χ1n) is 15.7. The Labute approximate surface area is 267 Å². The Kier molecular flexibility index (Phi) is 6.09. The van der Waals surface area contributed by atoms with Crippen molar-refractivity contribution in [3.8, 4) is 16.8 Å². The molecular weight excluding hydrogens is 603 g/mol. The molecular formula is C34H31FN8O2S. The van der Waals surface area contributed by atoms with Crippen molar-refractivity contribution < 1.29 is 14.3 Å². The third-order valence-electron chi connectivity index (χ3n) is 10.4. The topological polar surface area (TPSA) is 124 Å². The van der Waals surface area contributed by atoms with Crippen LogP contribution < -0.4 is 5.32 Å². The number of pyridine rings is 2. The van der Waals surface area contributed by atoms with Gasteiger partial charge in [0.2, 0.25) is 0 Å². The first-order valence-corrected chi connectivity index (χ1v) is 16.5. The predicted octanol–water partition coefficient (Wildman–Crippen LogP) is 7.39. The van der Waals surface area contributed by atoms with E-state index in [0.29, 0.717) is 27.4 Å². The second kappa shape index (κ2) is 10.1. The summed E-state index contributed by atoms with van der Waals surface area (Å²) in [7, 11) is 0. The Morgan fingerprint density at radius 3 is 2.52 bits per heavy atom. The maximum absolute atomic E-state index is 15.3. The summed E-state index contributed by atoms with van der Waals surface area (Å²) in [5.41, 5.74) is 4.19. The van der Waals surface area contributed by atoms with Crippen molar-refractivity contribution in [3.05, 3.63) is 72.3 Å². The Balaban J connectivity index is 1.03. The number of anilines is 2. The minimum Gasteiger partial charge on any atom is -0.478 e. The van der Waals surface area contributed by atoms with E-state index in [9.17, 15) is 9.90 Å². The van der Waals surface area contributed by atoms with Crippen LogP contribution in [0, 0.1) is 35.9 Å². The second-order valence-electron chi connectivity index (χ2n) is 13.5. The van der Waals surface area contributed by atoms with Crippen molar-refractivity contribution in [1.82, 2.24) is 34.3 Å². The summed E-state index contributed by atoms with van der Waals surface area (Å²) < 4.78 is 19.9. The molecule has 1 aromatic carbocycles. The molecule has 4 aliphatic rings. The number of carboxylic acids is 1. The number of hydrogen-bond acceptors (Lipinski definition) is 8. The molecule has 10 rings (SSSR count). The molecule has 46 heavy (non-hydrogen) atoms. The summed E-state index contributed by atoms with van der Waals surface area (Å²) in [6.07, 6.45) is 14.2. The molecule has 0 amide bonds. The molecule has 2 N–H and O–H groups in total. The third kappa shape index (κ3) is 4.41. The van der Waals surface area contributed by atoms with Crippen LogP contribution in [0.4, 0.5) is 15.3 Å². The average molecular weight is 635 g/mol. The van der Waals surface area contributed by atoms with E-state index in [1.54, 1.807) is 17.0 Å². The lowest BCUT2D eigenvalue weighted by Crippen LogP contribution is -2.48. The van der Waals surface area contributed by atoms with E-state index in [1.165, 1.54) is 68.5 Å². The Hall–Kier alpha value is -4.71. The van der Waals surface area contributed by atoms with Gasteiger partial charge >= 0.3 is 5.97 Å². The summed E-state index contributed by atoms with van der Waals surface area (Å²) in [4.78, 5) is 30.6. The van der Waals surface area contributed by atoms with Gasteiger partial charge in [-0.15, -0.1) is 0 Å². The minimum absolute atomic E-state index is 0.0368. The number of thiazole rings is 1. The number of aromatic carboxylic acids is 1. The lowest BCUT2D eigenvalue weighted by Gasteiger charge is -2.56. The number of para-hydroxylation sites is 1. The molecule has 0 unspecified atom stereocenters. The number of carboxylic acid groups (broad SMARTS) is 1. The highest BCUT2D eigenvalue weighted by Crippen LogP contribution is 2.60. The van der Waals surface area contributed by atoms with Crippen LogP contribution in [0.3, 0.4) is 0 Å². The van der Waals surface area contributed by atoms with E-state index in [4.69, 9.17) is 5.10 Å². The van der Waals surface area contributed by atoms with E-state index >= 15 is 4.39 Å². The number of benzene rings is 1. The molecule has 4 bridgehead atoms. The zero-order valence-electron chi connectivity index (χ0n) is 25.2. The van der Waals surface area contributed by atoms with Crippen molar-refractivity contribution >= 4 is 49.6 Å². The fourth-order valence-corrected chi connectivity index (χ4v) is 9.78. The van der Waals surface area contributed by atoms with Crippen molar-refractivity contribution in [2.24, 2.45) is 23.2 Å². The number of hydrogen-bond donors (Lipinski definition) is 2. The van der Waals surface area contributed by atoms with Crippen LogP contribution >= 0.6 is 11.3 Å². The van der Waals surface area contributed by atoms with Gasteiger partial charge in [0.15, 0.2) is 22.4 Å². The number of nitrogens with zero attached hydrogens (tertiary/aromatic N) is 7. The van der Waals surface area contributed by atoms with Gasteiger partial charge in [0.1, 0.15) is 11.8 Å². The Bertz CT molecular complexity index is 2120. The van der Waals surface area contributed by atoms with E-state index in [1.807, 2.05) is 31.2 Å². The second-order valence-corrected chi connectivity index (χ2v) is 14.5. The van der Waals surface area contributed by atoms with Crippen LogP contribution in [-0.4, -0.2) is 45.4 Å². The van der Waals surface area contributed by atoms with Crippen molar-refractivity contribution in [2.75, 3.05) is 5.32 Å². The molecule has 0 spiro atoms. The maximum Gasteiger partial charge on any atom is 0.338 e. The highest BCUT2D eigenvalue weighted by molar-refractivity contribution is 7.22. The molecule has 232 valence electrons. The molecule has 0 atom stereocenters. The number of fused-ring (bicyclic) bond motifs is 2. The zero-order valence-corrected chi connectivity index (χ0v) is 26.0. The zero-order chi connectivity index (χ0) is 31.2. The molecule has 12 heteroatoms. The number of nitrogens with one attached hydrogen (secondary N) is 1. The first kappa shape index (κ1) is 27.6. The maximum atomic E-state index is 15.3. The fraction of sp³-hybridized carbons (Fsp3) is 0.353. The normalized spacial score (nSPS) is 23.5. The molecule has 4 saturated carbocycles. The van der Waals surface area contributed by atoms with E-state index in [0.717, 1.165) is 45.8 Å². The molecule has 0 saturated heterocycles. The highest BCUT2D eigenvalue weighted by atomic mass is 32.1. The minimum atomic E-state index is -1.11. The van der Waals surface area contributed by atoms with Crippen LogP contribution in [-0.2, 0) is 6.54 Å². The van der Waals surface area contributed by atoms with Crippen molar-refractivity contribution in [1.29, 1.82) is 0 Å². The summed E-state index contributed by atoms with van der Waals surface area (Å²) in [5, 5.41) is 18.7. The van der Waals surface area contributed by atoms with Crippen LogP contribution in [0.25, 0.3) is 38.2 Å². The summed E-state index contributed by atoms with van der Waals surface area (Å²) in [5.74, 6) is 0.871. The van der Waals surface area contributed by atoms with Gasteiger partial charge in [-0.2, -0.15) is 5.10 Å². The van der Waals surface area contributed by atoms with Gasteiger partial charge in [-0.25, -0.2) is 29.1 Å². The van der Waals surface area contributed by atoms with Gasteiger partial charge in [0, 0.05) is 35.6 Å². The van der Waals surface area contributed by atoms with Crippen molar-refractivity contribution in [3.63, 3.8) is 0 Å². The molecule has 0 aliphatic heterocycles. The number of halogens is 1. The summed E-state index contributed by atoms with van der Waals surface area (Å²) >= 11 is 1.41. The molecule has 4 aliphatic carbocycles. The largest absolute Gasteiger partial charge is 0.478 e. The Morgan fingerprint density at radius 2 is 1.80 bits per heavy atom. The fourth-order valence-electron chi connectivity index (χ4n) is 8.92. The molecule has 10 nitrogen and oxygen atoms in total. The van der Waals surface area contributed by atoms with Crippen LogP contribution in [0.5, 0.6) is 0 Å². The Morgan fingerprint density at radius 1 is 1.04 bits per heavy atom. The number of imidazole rings is 1. The average Bonchev–Trinajstić information content (AvgIpc) is 3.73. The quantitative estimate of drug-likeness (QED) is 0.186. The standard InChI is InChI=1S/C34H31FN8O2S/c1-18-23(15-39-43(18)16-34-10-19-6-20(11-34)8-21(7-19)12-34)24-14-37-31-29(28(24)32(44)45)38-17-42(31)22-9-25(35)30(36-13-22)41-33-40-26-4-2-3-5-27(26)46-33/h2-5,9,13-15,17,19-21H,6-8,10-12,16H2,1H3,(H,44,45)(H,36,40,41). The molecule has 6 aromatic rings. The molecule has 4 fully saturated rings. The number of carbonyl (C=O) groups is 1. The van der Waals surface area contributed by atoms with E-state index < -0.39 is 11.8 Å². The van der Waals surface area contributed by atoms with E-state index in [-0.39, 0.29) is 16.9 Å².